The van der Waals surface area contributed by atoms with Gasteiger partial charge in [0.05, 0.1) is 54.9 Å². The second-order valence-electron chi connectivity index (χ2n) is 21.4. The second-order valence-corrected chi connectivity index (χ2v) is 21.4. The SMILES string of the molecule is CC(CCC/C=C/CCCN=C(N)N)CC(C)C1OC(=O)C=CC(C)C(O)CC(O)C(C)C(O)CCC(C)C(O)CC2(O)OC(CC(OC(=O)CC(=O)O)CC(O)CC(O)C(C)C(O)/C=C\C1C)CC(O)C2O. The highest BCUT2D eigenvalue weighted by atomic mass is 16.7. The maximum atomic E-state index is 13.5. The lowest BCUT2D eigenvalue weighted by atomic mass is 9.83. The third kappa shape index (κ3) is 24.3. The zero-order valence-corrected chi connectivity index (χ0v) is 44.2. The first-order chi connectivity index (χ1) is 34.1. The lowest BCUT2D eigenvalue weighted by molar-refractivity contribution is -0.333. The average molecular weight is 1040 g/mol. The van der Waals surface area contributed by atoms with Crippen LogP contribution >= 0.6 is 0 Å². The van der Waals surface area contributed by atoms with E-state index in [0.717, 1.165) is 32.1 Å². The minimum atomic E-state index is -2.52. The maximum Gasteiger partial charge on any atom is 0.330 e. The maximum absolute atomic E-state index is 13.5. The summed E-state index contributed by atoms with van der Waals surface area (Å²) in [6.45, 7) is 13.0. The highest BCUT2D eigenvalue weighted by Gasteiger charge is 2.50. The van der Waals surface area contributed by atoms with Crippen molar-refractivity contribution in [2.45, 2.75) is 224 Å². The Balaban J connectivity index is 2.42. The van der Waals surface area contributed by atoms with Crippen molar-refractivity contribution in [1.29, 1.82) is 0 Å². The molecule has 0 spiro atoms. The molecule has 20 unspecified atom stereocenters. The van der Waals surface area contributed by atoms with Crippen LogP contribution in [0.4, 0.5) is 0 Å². The van der Waals surface area contributed by atoms with Crippen LogP contribution in [0.5, 0.6) is 0 Å². The van der Waals surface area contributed by atoms with Gasteiger partial charge in [-0.15, -0.1) is 0 Å². The second kappa shape index (κ2) is 32.8. The number of ether oxygens (including phenoxy) is 3. The van der Waals surface area contributed by atoms with Crippen molar-refractivity contribution in [3.05, 3.63) is 36.5 Å². The molecule has 2 rings (SSSR count). The first-order valence-corrected chi connectivity index (χ1v) is 26.3. The third-order valence-corrected chi connectivity index (χ3v) is 14.7. The average Bonchev–Trinajstić information content (AvgIpc) is 3.30. The Morgan fingerprint density at radius 1 is 0.781 bits per heavy atom. The molecule has 15 N–H and O–H groups in total. The van der Waals surface area contributed by atoms with Crippen LogP contribution in [0.3, 0.4) is 0 Å². The van der Waals surface area contributed by atoms with Crippen LogP contribution in [0.15, 0.2) is 41.4 Å². The van der Waals surface area contributed by atoms with E-state index in [0.29, 0.717) is 13.0 Å². The van der Waals surface area contributed by atoms with Gasteiger partial charge < -0.3 is 81.8 Å². The number of cyclic esters (lactones) is 1. The lowest BCUT2D eigenvalue weighted by Gasteiger charge is -2.45. The molecule has 73 heavy (non-hydrogen) atoms. The summed E-state index contributed by atoms with van der Waals surface area (Å²) in [6, 6.07) is 0. The van der Waals surface area contributed by atoms with E-state index in [2.05, 4.69) is 24.1 Å². The summed E-state index contributed by atoms with van der Waals surface area (Å²) in [4.78, 5) is 41.4. The van der Waals surface area contributed by atoms with E-state index in [9.17, 15) is 70.6 Å². The molecule has 20 nitrogen and oxygen atoms in total. The number of aliphatic hydroxyl groups excluding tert-OH is 9. The summed E-state index contributed by atoms with van der Waals surface area (Å²) in [5.41, 5.74) is 10.8. The summed E-state index contributed by atoms with van der Waals surface area (Å²) in [5.74, 6) is -8.90. The first kappa shape index (κ1) is 65.6. The number of carbonyl (C=O) groups is 3. The normalized spacial score (nSPS) is 37.8. The molecule has 20 heteroatoms. The molecule has 2 heterocycles. The van der Waals surface area contributed by atoms with E-state index in [1.165, 1.54) is 18.2 Å². The number of aliphatic imine (C=N–C) groups is 1. The molecule has 0 amide bonds. The van der Waals surface area contributed by atoms with Gasteiger partial charge in [-0.1, -0.05) is 85.3 Å². The number of fused-ring (bicyclic) bond motifs is 2. The Morgan fingerprint density at radius 3 is 2.07 bits per heavy atom. The molecule has 0 aromatic carbocycles. The number of unbranched alkanes of at least 4 members (excludes halogenated alkanes) is 2. The summed E-state index contributed by atoms with van der Waals surface area (Å²) < 4.78 is 17.4. The Bertz CT molecular complexity index is 1750. The van der Waals surface area contributed by atoms with Crippen molar-refractivity contribution in [3.8, 4) is 0 Å². The van der Waals surface area contributed by atoms with Crippen molar-refractivity contribution in [2.75, 3.05) is 6.54 Å². The summed E-state index contributed by atoms with van der Waals surface area (Å²) in [5, 5.41) is 121. The van der Waals surface area contributed by atoms with Crippen LogP contribution in [-0.2, 0) is 28.6 Å². The quantitative estimate of drug-likeness (QED) is 0.0297. The summed E-state index contributed by atoms with van der Waals surface area (Å²) >= 11 is 0. The number of esters is 2. The topological polar surface area (TPSA) is 366 Å². The lowest BCUT2D eigenvalue weighted by Crippen LogP contribution is -2.60. The van der Waals surface area contributed by atoms with Crippen LogP contribution in [-0.4, -0.2) is 166 Å². The Labute approximate surface area is 432 Å². The fraction of sp³-hybridized carbons (Fsp3) is 0.811. The minimum absolute atomic E-state index is 0.0758. The van der Waals surface area contributed by atoms with Gasteiger partial charge in [0.15, 0.2) is 11.7 Å². The zero-order valence-electron chi connectivity index (χ0n) is 44.2. The minimum Gasteiger partial charge on any atom is -0.481 e. The summed E-state index contributed by atoms with van der Waals surface area (Å²) in [6.07, 6.45) is -2.69. The van der Waals surface area contributed by atoms with Crippen LogP contribution in [0.25, 0.3) is 0 Å². The monoisotopic (exact) mass is 1040 g/mol. The van der Waals surface area contributed by atoms with Gasteiger partial charge in [0.2, 0.25) is 0 Å². The zero-order chi connectivity index (χ0) is 55.2. The molecule has 1 fully saturated rings. The molecule has 0 aromatic rings. The molecule has 1 saturated heterocycles. The number of aliphatic hydroxyl groups is 10. The smallest absolute Gasteiger partial charge is 0.330 e. The number of aliphatic carboxylic acids is 1. The third-order valence-electron chi connectivity index (χ3n) is 14.7. The van der Waals surface area contributed by atoms with Gasteiger partial charge in [-0.25, -0.2) is 4.79 Å². The molecule has 2 aliphatic heterocycles. The van der Waals surface area contributed by atoms with Gasteiger partial charge in [-0.05, 0) is 69.1 Å². The van der Waals surface area contributed by atoms with Gasteiger partial charge in [-0.2, -0.15) is 0 Å². The number of hydrogen-bond acceptors (Lipinski definition) is 17. The highest BCUT2D eigenvalue weighted by molar-refractivity contribution is 5.90. The Kier molecular flexibility index (Phi) is 29.5. The van der Waals surface area contributed by atoms with E-state index in [1.54, 1.807) is 33.8 Å². The van der Waals surface area contributed by atoms with Crippen molar-refractivity contribution < 1.29 is 84.8 Å². The van der Waals surface area contributed by atoms with Crippen LogP contribution in [0.2, 0.25) is 0 Å². The number of allylic oxidation sites excluding steroid dienone is 2. The highest BCUT2D eigenvalue weighted by Crippen LogP contribution is 2.36. The molecule has 0 aromatic heterocycles. The van der Waals surface area contributed by atoms with Crippen molar-refractivity contribution in [3.63, 3.8) is 0 Å². The van der Waals surface area contributed by atoms with E-state index < -0.39 is 139 Å². The Hall–Kier alpha value is -3.54. The Morgan fingerprint density at radius 2 is 1.42 bits per heavy atom. The molecule has 2 aliphatic rings. The first-order valence-electron chi connectivity index (χ1n) is 26.3. The van der Waals surface area contributed by atoms with Gasteiger partial charge in [0.1, 0.15) is 24.7 Å². The number of carboxylic acid groups (broad SMARTS) is 1. The molecular formula is C53H93N3O17. The molecule has 422 valence electrons. The van der Waals surface area contributed by atoms with E-state index in [4.69, 9.17) is 25.7 Å². The van der Waals surface area contributed by atoms with Gasteiger partial charge in [0, 0.05) is 68.4 Å². The van der Waals surface area contributed by atoms with Crippen LogP contribution in [0, 0.1) is 41.4 Å². The van der Waals surface area contributed by atoms with Crippen LogP contribution in [0.1, 0.15) is 145 Å². The van der Waals surface area contributed by atoms with E-state index in [1.807, 2.05) is 13.8 Å². The molecule has 0 saturated carbocycles. The van der Waals surface area contributed by atoms with Gasteiger partial charge in [-0.3, -0.25) is 14.6 Å². The number of hydrogen-bond donors (Lipinski definition) is 13. The molecule has 20 atom stereocenters. The fourth-order valence-electron chi connectivity index (χ4n) is 9.67. The largest absolute Gasteiger partial charge is 0.481 e. The summed E-state index contributed by atoms with van der Waals surface area (Å²) in [7, 11) is 0. The number of rotatable bonds is 14. The van der Waals surface area contributed by atoms with Crippen molar-refractivity contribution >= 4 is 23.9 Å². The standard InChI is InChI=1S/C53H93N3O17/c1-30(14-12-10-8-9-11-13-21-56-52(54)55)22-34(5)50-33(4)16-19-41(59)35(6)43(61)24-37(57)23-38(71-49(68)28-47(65)66)25-39-26-45(63)51(69)53(70,73-39)29-46(64)32(3)15-18-40(58)36(7)44(62)27-42(60)31(2)17-20-48(67)72-50/h8-9,16-17,19-20,30-46,50-51,57-64,69-70H,10-15,18,21-29H2,1-7H3,(H,65,66)(H4,54,55,56)/b9-8+,19-16-,20-17?. The number of guanidine groups is 1. The molecule has 2 bridgehead atoms. The number of carboxylic acids is 1. The van der Waals surface area contributed by atoms with E-state index in [-0.39, 0.29) is 62.7 Å². The van der Waals surface area contributed by atoms with Crippen LogP contribution < -0.4 is 11.5 Å². The number of nitrogens with two attached hydrogens (primary N) is 2. The van der Waals surface area contributed by atoms with Gasteiger partial charge in [0.25, 0.3) is 0 Å². The van der Waals surface area contributed by atoms with Crippen molar-refractivity contribution in [1.82, 2.24) is 0 Å². The van der Waals surface area contributed by atoms with Crippen molar-refractivity contribution in [2.24, 2.45) is 57.9 Å². The number of nitrogens with zero attached hydrogens (tertiary/aromatic N) is 1. The molecule has 0 radical (unpaired) electrons. The van der Waals surface area contributed by atoms with Gasteiger partial charge >= 0.3 is 17.9 Å². The fourth-order valence-corrected chi connectivity index (χ4v) is 9.67. The number of carbonyl (C=O) groups excluding carboxylic acids is 2. The molecule has 0 aliphatic carbocycles. The predicted octanol–water partition coefficient (Wildman–Crippen LogP) is 2.49. The van der Waals surface area contributed by atoms with E-state index >= 15 is 0 Å². The molecular weight excluding hydrogens is 951 g/mol. The predicted molar refractivity (Wildman–Crippen MR) is 273 cm³/mol.